The molecule has 3 heteroatoms. The van der Waals surface area contributed by atoms with Crippen LogP contribution in [0.5, 0.6) is 0 Å². The van der Waals surface area contributed by atoms with Crippen LogP contribution in [0.3, 0.4) is 0 Å². The Hall–Kier alpha value is -0.900. The summed E-state index contributed by atoms with van der Waals surface area (Å²) in [4.78, 5) is 2.29. The van der Waals surface area contributed by atoms with Gasteiger partial charge in [0.25, 0.3) is 0 Å². The van der Waals surface area contributed by atoms with Gasteiger partial charge in [0.05, 0.1) is 6.61 Å². The van der Waals surface area contributed by atoms with E-state index >= 15 is 0 Å². The molecule has 1 aliphatic carbocycles. The van der Waals surface area contributed by atoms with Crippen LogP contribution in [0.1, 0.15) is 24.0 Å². The van der Waals surface area contributed by atoms with Gasteiger partial charge < -0.3 is 10.1 Å². The molecule has 0 radical (unpaired) electrons. The summed E-state index contributed by atoms with van der Waals surface area (Å²) in [6.45, 7) is 3.75. The van der Waals surface area contributed by atoms with Gasteiger partial charge in [-0.15, -0.1) is 0 Å². The van der Waals surface area contributed by atoms with E-state index in [1.54, 1.807) is 7.11 Å². The summed E-state index contributed by atoms with van der Waals surface area (Å²) in [5.74, 6) is 0. The topological polar surface area (TPSA) is 24.5 Å². The zero-order chi connectivity index (χ0) is 12.8. The predicted molar refractivity (Wildman–Crippen MR) is 74.5 cm³/mol. The zero-order valence-corrected chi connectivity index (χ0v) is 11.5. The van der Waals surface area contributed by atoms with E-state index in [2.05, 4.69) is 41.5 Å². The lowest BCUT2D eigenvalue weighted by atomic mass is 10.1. The van der Waals surface area contributed by atoms with Crippen LogP contribution in [0.2, 0.25) is 0 Å². The lowest BCUT2D eigenvalue weighted by molar-refractivity contribution is 0.158. The number of methoxy groups -OCH3 is 1. The molecular weight excluding hydrogens is 224 g/mol. The third-order valence-corrected chi connectivity index (χ3v) is 3.29. The van der Waals surface area contributed by atoms with E-state index < -0.39 is 0 Å². The average molecular weight is 248 g/mol. The first kappa shape index (κ1) is 13.5. The summed E-state index contributed by atoms with van der Waals surface area (Å²) < 4.78 is 5.09. The third-order valence-electron chi connectivity index (χ3n) is 3.29. The second kappa shape index (κ2) is 6.88. The Kier molecular flexibility index (Phi) is 5.17. The molecule has 100 valence electrons. The molecule has 2 rings (SSSR count). The molecule has 0 heterocycles. The minimum absolute atomic E-state index is 0.776. The predicted octanol–water partition coefficient (Wildman–Crippen LogP) is 2.02. The summed E-state index contributed by atoms with van der Waals surface area (Å²) in [5, 5.41) is 3.55. The molecule has 0 saturated heterocycles. The van der Waals surface area contributed by atoms with E-state index in [4.69, 9.17) is 4.74 Å². The number of hydrogen-bond acceptors (Lipinski definition) is 3. The number of rotatable bonds is 8. The fraction of sp³-hybridized carbons (Fsp3) is 0.600. The first-order chi connectivity index (χ1) is 8.78. The highest BCUT2D eigenvalue weighted by Gasteiger charge is 2.19. The number of hydrogen-bond donors (Lipinski definition) is 1. The van der Waals surface area contributed by atoms with E-state index in [1.165, 1.54) is 24.0 Å². The van der Waals surface area contributed by atoms with Crippen molar-refractivity contribution in [1.82, 2.24) is 10.2 Å². The molecule has 1 aliphatic rings. The van der Waals surface area contributed by atoms with Crippen LogP contribution in [0.25, 0.3) is 0 Å². The van der Waals surface area contributed by atoms with Crippen LogP contribution in [-0.2, 0) is 17.8 Å². The van der Waals surface area contributed by atoms with Crippen molar-refractivity contribution >= 4 is 0 Å². The van der Waals surface area contributed by atoms with Crippen LogP contribution < -0.4 is 5.32 Å². The number of ether oxygens (including phenoxy) is 1. The quantitative estimate of drug-likeness (QED) is 0.761. The van der Waals surface area contributed by atoms with E-state index in [1.807, 2.05) is 0 Å². The van der Waals surface area contributed by atoms with Crippen LogP contribution in [-0.4, -0.2) is 38.3 Å². The van der Waals surface area contributed by atoms with Crippen molar-refractivity contribution in [3.8, 4) is 0 Å². The van der Waals surface area contributed by atoms with Crippen LogP contribution in [0, 0.1) is 0 Å². The molecule has 18 heavy (non-hydrogen) atoms. The van der Waals surface area contributed by atoms with Crippen molar-refractivity contribution in [3.05, 3.63) is 35.4 Å². The average Bonchev–Trinajstić information content (AvgIpc) is 3.18. The van der Waals surface area contributed by atoms with Crippen LogP contribution in [0.4, 0.5) is 0 Å². The lowest BCUT2D eigenvalue weighted by Crippen LogP contribution is -2.22. The summed E-state index contributed by atoms with van der Waals surface area (Å²) in [6, 6.07) is 9.64. The third kappa shape index (κ3) is 4.77. The van der Waals surface area contributed by atoms with Crippen molar-refractivity contribution < 1.29 is 4.74 Å². The van der Waals surface area contributed by atoms with E-state index in [0.717, 1.165) is 32.3 Å². The molecule has 1 saturated carbocycles. The SMILES string of the molecule is COCCN(C)Cc1cccc(CNC2CC2)c1. The molecule has 1 aromatic carbocycles. The van der Waals surface area contributed by atoms with Crippen molar-refractivity contribution in [2.45, 2.75) is 32.0 Å². The smallest absolute Gasteiger partial charge is 0.0589 e. The van der Waals surface area contributed by atoms with Gasteiger partial charge in [0.15, 0.2) is 0 Å². The number of benzene rings is 1. The molecule has 0 bridgehead atoms. The highest BCUT2D eigenvalue weighted by Crippen LogP contribution is 2.19. The maximum absolute atomic E-state index is 5.09. The molecule has 0 aliphatic heterocycles. The van der Waals surface area contributed by atoms with Gasteiger partial charge in [0.1, 0.15) is 0 Å². The van der Waals surface area contributed by atoms with Crippen molar-refractivity contribution in [3.63, 3.8) is 0 Å². The van der Waals surface area contributed by atoms with Crippen molar-refractivity contribution in [2.75, 3.05) is 27.3 Å². The Balaban J connectivity index is 1.81. The van der Waals surface area contributed by atoms with Gasteiger partial charge in [-0.05, 0) is 31.0 Å². The van der Waals surface area contributed by atoms with Gasteiger partial charge in [0, 0.05) is 32.8 Å². The summed E-state index contributed by atoms with van der Waals surface area (Å²) in [5.41, 5.74) is 2.77. The standard InChI is InChI=1S/C15H24N2O/c1-17(8-9-18-2)12-14-5-3-4-13(10-14)11-16-15-6-7-15/h3-5,10,15-16H,6-9,11-12H2,1-2H3. The largest absolute Gasteiger partial charge is 0.383 e. The molecule has 0 atom stereocenters. The molecule has 0 spiro atoms. The van der Waals surface area contributed by atoms with Crippen LogP contribution in [0.15, 0.2) is 24.3 Å². The van der Waals surface area contributed by atoms with E-state index in [-0.39, 0.29) is 0 Å². The molecular formula is C15H24N2O. The van der Waals surface area contributed by atoms with Gasteiger partial charge >= 0.3 is 0 Å². The first-order valence-corrected chi connectivity index (χ1v) is 6.76. The second-order valence-corrected chi connectivity index (χ2v) is 5.21. The van der Waals surface area contributed by atoms with Crippen LogP contribution >= 0.6 is 0 Å². The Morgan fingerprint density at radius 2 is 2.11 bits per heavy atom. The van der Waals surface area contributed by atoms with Gasteiger partial charge in [-0.25, -0.2) is 0 Å². The van der Waals surface area contributed by atoms with Gasteiger partial charge in [-0.2, -0.15) is 0 Å². The van der Waals surface area contributed by atoms with Gasteiger partial charge in [-0.1, -0.05) is 24.3 Å². The van der Waals surface area contributed by atoms with E-state index in [0.29, 0.717) is 0 Å². The Morgan fingerprint density at radius 3 is 2.83 bits per heavy atom. The Bertz CT molecular complexity index is 363. The lowest BCUT2D eigenvalue weighted by Gasteiger charge is -2.16. The normalized spacial score (nSPS) is 15.3. The highest BCUT2D eigenvalue weighted by atomic mass is 16.5. The van der Waals surface area contributed by atoms with Crippen molar-refractivity contribution in [1.29, 1.82) is 0 Å². The summed E-state index contributed by atoms with van der Waals surface area (Å²) in [7, 11) is 3.88. The maximum Gasteiger partial charge on any atom is 0.0589 e. The summed E-state index contributed by atoms with van der Waals surface area (Å²) >= 11 is 0. The Labute approximate surface area is 110 Å². The molecule has 1 N–H and O–H groups in total. The van der Waals surface area contributed by atoms with Gasteiger partial charge in [0.2, 0.25) is 0 Å². The number of nitrogens with one attached hydrogen (secondary N) is 1. The first-order valence-electron chi connectivity index (χ1n) is 6.76. The van der Waals surface area contributed by atoms with E-state index in [9.17, 15) is 0 Å². The molecule has 1 fully saturated rings. The fourth-order valence-electron chi connectivity index (χ4n) is 2.03. The Morgan fingerprint density at radius 1 is 1.33 bits per heavy atom. The fourth-order valence-corrected chi connectivity index (χ4v) is 2.03. The molecule has 0 amide bonds. The molecule has 3 nitrogen and oxygen atoms in total. The molecule has 1 aromatic rings. The highest BCUT2D eigenvalue weighted by molar-refractivity contribution is 5.23. The second-order valence-electron chi connectivity index (χ2n) is 5.21. The van der Waals surface area contributed by atoms with Gasteiger partial charge in [-0.3, -0.25) is 4.90 Å². The molecule has 0 aromatic heterocycles. The molecule has 0 unspecified atom stereocenters. The minimum atomic E-state index is 0.776. The minimum Gasteiger partial charge on any atom is -0.383 e. The van der Waals surface area contributed by atoms with Crippen molar-refractivity contribution in [2.24, 2.45) is 0 Å². The summed E-state index contributed by atoms with van der Waals surface area (Å²) in [6.07, 6.45) is 2.69. The number of nitrogens with zero attached hydrogens (tertiary/aromatic N) is 1. The zero-order valence-electron chi connectivity index (χ0n) is 11.5. The maximum atomic E-state index is 5.09. The number of likely N-dealkylation sites (N-methyl/N-ethyl adjacent to an activating group) is 1. The monoisotopic (exact) mass is 248 g/mol.